The maximum Gasteiger partial charge on any atom is 0.231 e. The van der Waals surface area contributed by atoms with Crippen molar-refractivity contribution in [2.75, 3.05) is 19.6 Å². The minimum Gasteiger partial charge on any atom is -0.369 e. The van der Waals surface area contributed by atoms with Crippen molar-refractivity contribution in [2.45, 2.75) is 0 Å². The molecule has 1 amide bonds. The van der Waals surface area contributed by atoms with E-state index in [2.05, 4.69) is 13.2 Å². The van der Waals surface area contributed by atoms with E-state index >= 15 is 0 Å². The molecular formula is C8H15ClN2O. The van der Waals surface area contributed by atoms with E-state index in [4.69, 9.17) is 5.73 Å². The number of halogens is 1. The number of amides is 1. The normalized spacial score (nSPS) is 8.75. The molecule has 0 radical (unpaired) electrons. The first-order valence-electron chi connectivity index (χ1n) is 3.43. The third-order valence-electron chi connectivity index (χ3n) is 1.15. The minimum atomic E-state index is -0.325. The van der Waals surface area contributed by atoms with Gasteiger partial charge in [-0.15, -0.1) is 25.6 Å². The Balaban J connectivity index is 0. The lowest BCUT2D eigenvalue weighted by Crippen LogP contribution is -2.33. The van der Waals surface area contributed by atoms with E-state index in [1.54, 1.807) is 12.2 Å². The van der Waals surface area contributed by atoms with E-state index in [1.165, 1.54) is 0 Å². The molecular weight excluding hydrogens is 176 g/mol. The first-order valence-corrected chi connectivity index (χ1v) is 3.43. The SMILES string of the molecule is C=CCN(CC=C)CC(N)=O.Cl. The van der Waals surface area contributed by atoms with Crippen LogP contribution in [0, 0.1) is 0 Å². The second-order valence-corrected chi connectivity index (χ2v) is 2.24. The molecule has 0 rings (SSSR count). The lowest BCUT2D eigenvalue weighted by atomic mass is 10.4. The van der Waals surface area contributed by atoms with Crippen LogP contribution >= 0.6 is 12.4 Å². The summed E-state index contributed by atoms with van der Waals surface area (Å²) in [4.78, 5) is 12.3. The predicted octanol–water partition coefficient (Wildman–Crippen LogP) is 0.567. The van der Waals surface area contributed by atoms with Crippen molar-refractivity contribution in [3.63, 3.8) is 0 Å². The number of carbonyl (C=O) groups is 1. The molecule has 12 heavy (non-hydrogen) atoms. The number of hydrogen-bond acceptors (Lipinski definition) is 2. The molecule has 4 heteroatoms. The Morgan fingerprint density at radius 2 is 1.75 bits per heavy atom. The summed E-state index contributed by atoms with van der Waals surface area (Å²) in [7, 11) is 0. The number of hydrogen-bond donors (Lipinski definition) is 1. The zero-order valence-corrected chi connectivity index (χ0v) is 7.85. The van der Waals surface area contributed by atoms with Gasteiger partial charge in [-0.05, 0) is 0 Å². The number of nitrogens with two attached hydrogens (primary N) is 1. The molecule has 0 aromatic rings. The Bertz CT molecular complexity index is 149. The summed E-state index contributed by atoms with van der Waals surface area (Å²) in [6, 6.07) is 0. The molecule has 0 spiro atoms. The van der Waals surface area contributed by atoms with Crippen LogP contribution in [-0.4, -0.2) is 30.4 Å². The summed E-state index contributed by atoms with van der Waals surface area (Å²) in [5.74, 6) is -0.325. The van der Waals surface area contributed by atoms with Crippen LogP contribution in [0.5, 0.6) is 0 Å². The van der Waals surface area contributed by atoms with Gasteiger partial charge in [0.15, 0.2) is 0 Å². The zero-order chi connectivity index (χ0) is 8.69. The fraction of sp³-hybridized carbons (Fsp3) is 0.375. The summed E-state index contributed by atoms with van der Waals surface area (Å²) < 4.78 is 0. The summed E-state index contributed by atoms with van der Waals surface area (Å²) in [6.07, 6.45) is 3.46. The largest absolute Gasteiger partial charge is 0.369 e. The van der Waals surface area contributed by atoms with E-state index in [0.29, 0.717) is 13.1 Å². The Kier molecular flexibility index (Phi) is 9.52. The van der Waals surface area contributed by atoms with Gasteiger partial charge in [-0.25, -0.2) is 0 Å². The highest BCUT2D eigenvalue weighted by Crippen LogP contribution is 1.87. The molecule has 0 aliphatic rings. The lowest BCUT2D eigenvalue weighted by Gasteiger charge is -2.15. The van der Waals surface area contributed by atoms with Crippen molar-refractivity contribution in [3.05, 3.63) is 25.3 Å². The molecule has 0 aliphatic heterocycles. The average Bonchev–Trinajstić information content (AvgIpc) is 1.87. The van der Waals surface area contributed by atoms with Gasteiger partial charge in [-0.1, -0.05) is 12.2 Å². The van der Waals surface area contributed by atoms with Crippen molar-refractivity contribution < 1.29 is 4.79 Å². The van der Waals surface area contributed by atoms with Crippen LogP contribution < -0.4 is 5.73 Å². The van der Waals surface area contributed by atoms with Crippen LogP contribution in [0.1, 0.15) is 0 Å². The molecule has 0 saturated heterocycles. The van der Waals surface area contributed by atoms with Crippen molar-refractivity contribution in [3.8, 4) is 0 Å². The molecule has 2 N–H and O–H groups in total. The van der Waals surface area contributed by atoms with E-state index in [-0.39, 0.29) is 24.9 Å². The van der Waals surface area contributed by atoms with Crippen molar-refractivity contribution in [1.29, 1.82) is 0 Å². The summed E-state index contributed by atoms with van der Waals surface area (Å²) in [5, 5.41) is 0. The predicted molar refractivity (Wildman–Crippen MR) is 53.3 cm³/mol. The summed E-state index contributed by atoms with van der Waals surface area (Å²) in [5.41, 5.74) is 5.00. The van der Waals surface area contributed by atoms with Crippen molar-refractivity contribution >= 4 is 18.3 Å². The molecule has 0 atom stereocenters. The summed E-state index contributed by atoms with van der Waals surface area (Å²) >= 11 is 0. The Labute approximate surface area is 79.3 Å². The number of primary amides is 1. The molecule has 0 aliphatic carbocycles. The van der Waals surface area contributed by atoms with Gasteiger partial charge >= 0.3 is 0 Å². The monoisotopic (exact) mass is 190 g/mol. The fourth-order valence-corrected chi connectivity index (χ4v) is 0.789. The van der Waals surface area contributed by atoms with Gasteiger partial charge in [-0.3, -0.25) is 9.69 Å². The average molecular weight is 191 g/mol. The number of rotatable bonds is 6. The van der Waals surface area contributed by atoms with Gasteiger partial charge in [0.05, 0.1) is 6.54 Å². The second kappa shape index (κ2) is 8.30. The minimum absolute atomic E-state index is 0. The first kappa shape index (κ1) is 13.8. The maximum atomic E-state index is 10.5. The van der Waals surface area contributed by atoms with Gasteiger partial charge in [-0.2, -0.15) is 0 Å². The fourth-order valence-electron chi connectivity index (χ4n) is 0.789. The Hall–Kier alpha value is -0.800. The quantitative estimate of drug-likeness (QED) is 0.623. The van der Waals surface area contributed by atoms with Gasteiger partial charge in [0.25, 0.3) is 0 Å². The molecule has 0 unspecified atom stereocenters. The smallest absolute Gasteiger partial charge is 0.231 e. The van der Waals surface area contributed by atoms with Gasteiger partial charge in [0.2, 0.25) is 5.91 Å². The molecule has 0 heterocycles. The zero-order valence-electron chi connectivity index (χ0n) is 7.03. The number of nitrogens with zero attached hydrogens (tertiary/aromatic N) is 1. The molecule has 70 valence electrons. The molecule has 0 bridgehead atoms. The highest BCUT2D eigenvalue weighted by molar-refractivity contribution is 5.85. The van der Waals surface area contributed by atoms with Crippen LogP contribution in [0.3, 0.4) is 0 Å². The highest BCUT2D eigenvalue weighted by atomic mass is 35.5. The van der Waals surface area contributed by atoms with Crippen LogP contribution in [0.15, 0.2) is 25.3 Å². The number of carbonyl (C=O) groups excluding carboxylic acids is 1. The first-order chi connectivity index (χ1) is 5.20. The Morgan fingerprint density at radius 3 is 2.00 bits per heavy atom. The van der Waals surface area contributed by atoms with Crippen LogP contribution in [-0.2, 0) is 4.79 Å². The second-order valence-electron chi connectivity index (χ2n) is 2.24. The van der Waals surface area contributed by atoms with Crippen LogP contribution in [0.25, 0.3) is 0 Å². The van der Waals surface area contributed by atoms with Crippen molar-refractivity contribution in [1.82, 2.24) is 4.90 Å². The van der Waals surface area contributed by atoms with Crippen molar-refractivity contribution in [2.24, 2.45) is 5.73 Å². The van der Waals surface area contributed by atoms with E-state index in [0.717, 1.165) is 0 Å². The third-order valence-corrected chi connectivity index (χ3v) is 1.15. The van der Waals surface area contributed by atoms with Gasteiger partial charge < -0.3 is 5.73 Å². The summed E-state index contributed by atoms with van der Waals surface area (Å²) in [6.45, 7) is 8.71. The van der Waals surface area contributed by atoms with Crippen LogP contribution in [0.4, 0.5) is 0 Å². The molecule has 0 fully saturated rings. The molecule has 3 nitrogen and oxygen atoms in total. The third kappa shape index (κ3) is 7.31. The topological polar surface area (TPSA) is 46.3 Å². The maximum absolute atomic E-state index is 10.5. The van der Waals surface area contributed by atoms with E-state index in [9.17, 15) is 4.79 Å². The lowest BCUT2D eigenvalue weighted by molar-refractivity contribution is -0.118. The van der Waals surface area contributed by atoms with E-state index in [1.807, 2.05) is 4.90 Å². The van der Waals surface area contributed by atoms with Gasteiger partial charge in [0, 0.05) is 13.1 Å². The Morgan fingerprint density at radius 1 is 1.33 bits per heavy atom. The highest BCUT2D eigenvalue weighted by Gasteiger charge is 2.02. The molecule has 0 aromatic heterocycles. The standard InChI is InChI=1S/C8H14N2O.ClH/c1-3-5-10(6-4-2)7-8(9)11;/h3-4H,1-2,5-7H2,(H2,9,11);1H. The molecule has 0 saturated carbocycles. The molecule has 0 aromatic carbocycles. The van der Waals surface area contributed by atoms with Crippen LogP contribution in [0.2, 0.25) is 0 Å². The van der Waals surface area contributed by atoms with Gasteiger partial charge in [0.1, 0.15) is 0 Å². The van der Waals surface area contributed by atoms with E-state index < -0.39 is 0 Å².